The van der Waals surface area contributed by atoms with Crippen molar-refractivity contribution in [2.75, 3.05) is 6.79 Å². The second-order valence-electron chi connectivity index (χ2n) is 3.50. The van der Waals surface area contributed by atoms with Crippen LogP contribution in [0.4, 0.5) is 0 Å². The topological polar surface area (TPSA) is 72.8 Å². The zero-order valence-electron chi connectivity index (χ0n) is 8.68. The van der Waals surface area contributed by atoms with Crippen LogP contribution in [0.1, 0.15) is 16.8 Å². The van der Waals surface area contributed by atoms with Crippen molar-refractivity contribution in [1.82, 2.24) is 0 Å². The molecule has 17 heavy (non-hydrogen) atoms. The van der Waals surface area contributed by atoms with Crippen LogP contribution in [0, 0.1) is 0 Å². The summed E-state index contributed by atoms with van der Waals surface area (Å²) in [6.07, 6.45) is -0.408. The SMILES string of the molecule is O=C(O)CC(Cl)C(=O)c1ccc2c(c1)OCO2. The minimum absolute atomic E-state index is 0.117. The first-order valence-electron chi connectivity index (χ1n) is 4.87. The number of Topliss-reactive ketones (excluding diaryl/α,β-unsaturated/α-hetero) is 1. The van der Waals surface area contributed by atoms with Gasteiger partial charge in [-0.05, 0) is 18.2 Å². The number of hydrogen-bond acceptors (Lipinski definition) is 4. The maximum absolute atomic E-state index is 11.8. The van der Waals surface area contributed by atoms with E-state index in [4.69, 9.17) is 26.2 Å². The summed E-state index contributed by atoms with van der Waals surface area (Å²) in [6, 6.07) is 4.63. The Balaban J connectivity index is 2.17. The molecular weight excluding hydrogens is 248 g/mol. The first-order valence-corrected chi connectivity index (χ1v) is 5.31. The molecule has 1 aromatic rings. The van der Waals surface area contributed by atoms with Gasteiger partial charge in [0.25, 0.3) is 0 Å². The van der Waals surface area contributed by atoms with Crippen molar-refractivity contribution in [3.05, 3.63) is 23.8 Å². The molecular formula is C11H9ClO5. The monoisotopic (exact) mass is 256 g/mol. The lowest BCUT2D eigenvalue weighted by Crippen LogP contribution is -2.18. The van der Waals surface area contributed by atoms with Crippen LogP contribution in [0.3, 0.4) is 0 Å². The van der Waals surface area contributed by atoms with Crippen molar-refractivity contribution in [3.63, 3.8) is 0 Å². The summed E-state index contributed by atoms with van der Waals surface area (Å²) in [7, 11) is 0. The molecule has 0 amide bonds. The molecule has 0 aromatic heterocycles. The van der Waals surface area contributed by atoms with Crippen molar-refractivity contribution in [3.8, 4) is 11.5 Å². The van der Waals surface area contributed by atoms with E-state index in [1.54, 1.807) is 6.07 Å². The minimum Gasteiger partial charge on any atom is -0.481 e. The Morgan fingerprint density at radius 2 is 2.06 bits per heavy atom. The fourth-order valence-corrected chi connectivity index (χ4v) is 1.73. The number of carboxylic acids is 1. The number of carbonyl (C=O) groups is 2. The lowest BCUT2D eigenvalue weighted by atomic mass is 10.1. The first kappa shape index (κ1) is 11.7. The highest BCUT2D eigenvalue weighted by Gasteiger charge is 2.23. The Bertz CT molecular complexity index is 471. The van der Waals surface area contributed by atoms with E-state index >= 15 is 0 Å². The fourth-order valence-electron chi connectivity index (χ4n) is 1.48. The van der Waals surface area contributed by atoms with Gasteiger partial charge >= 0.3 is 5.97 Å². The number of hydrogen-bond donors (Lipinski definition) is 1. The van der Waals surface area contributed by atoms with Gasteiger partial charge in [-0.25, -0.2) is 0 Å². The van der Waals surface area contributed by atoms with Gasteiger partial charge in [-0.15, -0.1) is 11.6 Å². The van der Waals surface area contributed by atoms with E-state index in [9.17, 15) is 9.59 Å². The summed E-state index contributed by atoms with van der Waals surface area (Å²) in [6.45, 7) is 0.117. The highest BCUT2D eigenvalue weighted by atomic mass is 35.5. The number of ether oxygens (including phenoxy) is 2. The van der Waals surface area contributed by atoms with Gasteiger partial charge in [0.05, 0.1) is 6.42 Å². The number of carboxylic acid groups (broad SMARTS) is 1. The molecule has 0 aliphatic carbocycles. The highest BCUT2D eigenvalue weighted by Crippen LogP contribution is 2.33. The molecule has 2 rings (SSSR count). The summed E-state index contributed by atoms with van der Waals surface area (Å²) in [5, 5.41) is 7.48. The maximum Gasteiger partial charge on any atom is 0.305 e. The third kappa shape index (κ3) is 2.50. The second kappa shape index (κ2) is 4.63. The van der Waals surface area contributed by atoms with Crippen LogP contribution in [0.25, 0.3) is 0 Å². The van der Waals surface area contributed by atoms with Gasteiger partial charge < -0.3 is 14.6 Å². The van der Waals surface area contributed by atoms with Crippen LogP contribution in [0.5, 0.6) is 11.5 Å². The number of halogens is 1. The van der Waals surface area contributed by atoms with Crippen LogP contribution in [0.2, 0.25) is 0 Å². The van der Waals surface area contributed by atoms with Crippen molar-refractivity contribution < 1.29 is 24.2 Å². The summed E-state index contributed by atoms with van der Waals surface area (Å²) in [5.74, 6) is -0.521. The van der Waals surface area contributed by atoms with E-state index in [-0.39, 0.29) is 6.79 Å². The average molecular weight is 257 g/mol. The van der Waals surface area contributed by atoms with Crippen LogP contribution in [0.15, 0.2) is 18.2 Å². The number of aliphatic carboxylic acids is 1. The van der Waals surface area contributed by atoms with Gasteiger partial charge in [-0.1, -0.05) is 0 Å². The summed E-state index contributed by atoms with van der Waals surface area (Å²) < 4.78 is 10.2. The first-order chi connectivity index (χ1) is 8.08. The van der Waals surface area contributed by atoms with Gasteiger partial charge in [0.2, 0.25) is 6.79 Å². The molecule has 0 bridgehead atoms. The standard InChI is InChI=1S/C11H9ClO5/c12-7(4-10(13)14)11(15)6-1-2-8-9(3-6)17-5-16-8/h1-3,7H,4-5H2,(H,13,14). The van der Waals surface area contributed by atoms with Crippen molar-refractivity contribution in [1.29, 1.82) is 0 Å². The predicted molar refractivity (Wildman–Crippen MR) is 58.8 cm³/mol. The molecule has 0 spiro atoms. The van der Waals surface area contributed by atoms with Crippen LogP contribution in [-0.2, 0) is 4.79 Å². The molecule has 0 saturated carbocycles. The number of fused-ring (bicyclic) bond motifs is 1. The molecule has 1 N–H and O–H groups in total. The van der Waals surface area contributed by atoms with Gasteiger partial charge in [0.1, 0.15) is 5.38 Å². The lowest BCUT2D eigenvalue weighted by molar-refractivity contribution is -0.136. The number of ketones is 1. The molecule has 0 saturated heterocycles. The third-order valence-electron chi connectivity index (χ3n) is 2.30. The van der Waals surface area contributed by atoms with Crippen molar-refractivity contribution >= 4 is 23.4 Å². The fraction of sp³-hybridized carbons (Fsp3) is 0.273. The van der Waals surface area contributed by atoms with Crippen molar-refractivity contribution in [2.24, 2.45) is 0 Å². The zero-order chi connectivity index (χ0) is 12.4. The minimum atomic E-state index is -1.11. The summed E-state index contributed by atoms with van der Waals surface area (Å²) >= 11 is 5.71. The molecule has 1 aromatic carbocycles. The van der Waals surface area contributed by atoms with Gasteiger partial charge in [-0.2, -0.15) is 0 Å². The largest absolute Gasteiger partial charge is 0.481 e. The molecule has 1 unspecified atom stereocenters. The molecule has 1 aliphatic rings. The van der Waals surface area contributed by atoms with Gasteiger partial charge in [-0.3, -0.25) is 9.59 Å². The van der Waals surface area contributed by atoms with E-state index < -0.39 is 23.6 Å². The molecule has 0 radical (unpaired) electrons. The van der Waals surface area contributed by atoms with E-state index in [1.807, 2.05) is 0 Å². The number of alkyl halides is 1. The van der Waals surface area contributed by atoms with E-state index in [2.05, 4.69) is 0 Å². The number of carbonyl (C=O) groups excluding carboxylic acids is 1. The van der Waals surface area contributed by atoms with Gasteiger partial charge in [0, 0.05) is 5.56 Å². The lowest BCUT2D eigenvalue weighted by Gasteiger charge is -2.06. The Morgan fingerprint density at radius 1 is 1.35 bits per heavy atom. The molecule has 1 aliphatic heterocycles. The zero-order valence-corrected chi connectivity index (χ0v) is 9.44. The van der Waals surface area contributed by atoms with E-state index in [1.165, 1.54) is 12.1 Å². The normalized spacial score (nSPS) is 14.4. The Hall–Kier alpha value is -1.75. The Labute approximate surface area is 102 Å². The maximum atomic E-state index is 11.8. The van der Waals surface area contributed by atoms with E-state index in [0.717, 1.165) is 0 Å². The van der Waals surface area contributed by atoms with Crippen LogP contribution < -0.4 is 9.47 Å². The third-order valence-corrected chi connectivity index (χ3v) is 2.65. The Morgan fingerprint density at radius 3 is 2.76 bits per heavy atom. The second-order valence-corrected chi connectivity index (χ2v) is 4.02. The summed E-state index contributed by atoms with van der Waals surface area (Å²) in [5.41, 5.74) is 0.315. The number of benzene rings is 1. The molecule has 1 heterocycles. The molecule has 0 fully saturated rings. The summed E-state index contributed by atoms with van der Waals surface area (Å²) in [4.78, 5) is 22.2. The van der Waals surface area contributed by atoms with Crippen LogP contribution in [-0.4, -0.2) is 29.0 Å². The quantitative estimate of drug-likeness (QED) is 0.655. The van der Waals surface area contributed by atoms with Crippen molar-refractivity contribution in [2.45, 2.75) is 11.8 Å². The van der Waals surface area contributed by atoms with Crippen LogP contribution >= 0.6 is 11.6 Å². The molecule has 6 heteroatoms. The number of rotatable bonds is 4. The molecule has 90 valence electrons. The highest BCUT2D eigenvalue weighted by molar-refractivity contribution is 6.34. The molecule has 5 nitrogen and oxygen atoms in total. The predicted octanol–water partition coefficient (Wildman–Crippen LogP) is 1.68. The van der Waals surface area contributed by atoms with Gasteiger partial charge in [0.15, 0.2) is 17.3 Å². The van der Waals surface area contributed by atoms with E-state index in [0.29, 0.717) is 17.1 Å². The average Bonchev–Trinajstić information content (AvgIpc) is 2.73. The Kier molecular flexibility index (Phi) is 3.19. The molecule has 1 atom stereocenters. The smallest absolute Gasteiger partial charge is 0.305 e.